The third-order valence-electron chi connectivity index (χ3n) is 17.6. The molecular weight excluding hydrogens is 1060 g/mol. The summed E-state index contributed by atoms with van der Waals surface area (Å²) in [7, 11) is 0. The van der Waals surface area contributed by atoms with Crippen molar-refractivity contribution in [2.45, 2.75) is 26.2 Å². The fourth-order valence-electron chi connectivity index (χ4n) is 13.1. The van der Waals surface area contributed by atoms with Crippen LogP contribution in [0.1, 0.15) is 26.3 Å². The molecule has 15 rings (SSSR count). The van der Waals surface area contributed by atoms with Gasteiger partial charge in [0.05, 0.1) is 11.4 Å². The summed E-state index contributed by atoms with van der Waals surface area (Å²) in [5, 5.41) is 9.83. The number of hydrogen-bond donors (Lipinski definition) is 0. The maximum atomic E-state index is 2.56. The molecule has 0 aliphatic carbocycles. The van der Waals surface area contributed by atoms with Gasteiger partial charge in [-0.3, -0.25) is 0 Å². The average Bonchev–Trinajstić information content (AvgIpc) is 0.947. The van der Waals surface area contributed by atoms with Crippen LogP contribution < -0.4 is 9.80 Å². The maximum Gasteiger partial charge on any atom is 0.0618 e. The molecule has 0 saturated carbocycles. The Hall–Kier alpha value is -11.1. The molecule has 2 nitrogen and oxygen atoms in total. The molecule has 0 fully saturated rings. The van der Waals surface area contributed by atoms with E-state index in [0.29, 0.717) is 0 Å². The lowest BCUT2D eigenvalue weighted by Crippen LogP contribution is -2.19. The van der Waals surface area contributed by atoms with Gasteiger partial charge in [0, 0.05) is 45.0 Å². The van der Waals surface area contributed by atoms with Crippen LogP contribution in [0.5, 0.6) is 0 Å². The Kier molecular flexibility index (Phi) is 13.9. The van der Waals surface area contributed by atoms with Crippen LogP contribution in [-0.2, 0) is 5.41 Å². The van der Waals surface area contributed by atoms with Crippen LogP contribution in [0.15, 0.2) is 334 Å². The molecule has 0 aliphatic rings. The number of rotatable bonds is 12. The zero-order valence-corrected chi connectivity index (χ0v) is 49.6. The monoisotopic (exact) mass is 1120 g/mol. The molecule has 0 radical (unpaired) electrons. The lowest BCUT2D eigenvalue weighted by molar-refractivity contribution is 0.590. The quantitative estimate of drug-likeness (QED) is 0.113. The molecule has 15 aromatic carbocycles. The van der Waals surface area contributed by atoms with Crippen LogP contribution in [0.2, 0.25) is 0 Å². The number of nitrogens with zero attached hydrogens (tertiary/aromatic N) is 2. The van der Waals surface area contributed by atoms with Crippen molar-refractivity contribution in [1.82, 2.24) is 0 Å². The first kappa shape index (κ1) is 53.7. The SMILES string of the molecule is CC(C)(C)c1cc(N(c2ccc(-c3ccccc3)cc2)c2c(-c3ccccc3)cccc2-c2ccccc2)cc(N(c2ccc(-c3ccccc3)cc2)c2c(-c3ccc4c(ccc5ccccc54)c3)cccc2-c2ccc3c(ccc4ccccc43)c2)c1. The van der Waals surface area contributed by atoms with E-state index in [4.69, 9.17) is 0 Å². The molecule has 0 atom stereocenters. The third-order valence-corrected chi connectivity index (χ3v) is 17.6. The lowest BCUT2D eigenvalue weighted by atomic mass is 9.85. The van der Waals surface area contributed by atoms with Crippen LogP contribution in [0, 0.1) is 0 Å². The molecule has 418 valence electrons. The van der Waals surface area contributed by atoms with Crippen LogP contribution >= 0.6 is 0 Å². The van der Waals surface area contributed by atoms with Gasteiger partial charge < -0.3 is 9.80 Å². The van der Waals surface area contributed by atoms with Gasteiger partial charge in [0.15, 0.2) is 0 Å². The lowest BCUT2D eigenvalue weighted by Gasteiger charge is -2.35. The maximum absolute atomic E-state index is 2.56. The first-order chi connectivity index (χ1) is 43.3. The smallest absolute Gasteiger partial charge is 0.0618 e. The highest BCUT2D eigenvalue weighted by Gasteiger charge is 2.29. The third kappa shape index (κ3) is 10.1. The van der Waals surface area contributed by atoms with Crippen LogP contribution in [0.25, 0.3) is 110 Å². The highest BCUT2D eigenvalue weighted by molar-refractivity contribution is 6.11. The Morgan fingerprint density at radius 3 is 0.898 bits per heavy atom. The van der Waals surface area contributed by atoms with Gasteiger partial charge in [-0.15, -0.1) is 0 Å². The summed E-state index contributed by atoms with van der Waals surface area (Å²) in [6.07, 6.45) is 0. The molecule has 15 aromatic rings. The molecule has 0 amide bonds. The molecular formula is C86H64N2. The second kappa shape index (κ2) is 22.7. The van der Waals surface area contributed by atoms with E-state index in [0.717, 1.165) is 89.8 Å². The highest BCUT2D eigenvalue weighted by atomic mass is 15.2. The molecule has 0 bridgehead atoms. The number of anilines is 6. The summed E-state index contributed by atoms with van der Waals surface area (Å²) in [5.74, 6) is 0. The summed E-state index contributed by atoms with van der Waals surface area (Å²) >= 11 is 0. The van der Waals surface area contributed by atoms with Crippen LogP contribution in [0.3, 0.4) is 0 Å². The average molecular weight is 1130 g/mol. The van der Waals surface area contributed by atoms with Gasteiger partial charge in [-0.25, -0.2) is 0 Å². The minimum Gasteiger partial charge on any atom is -0.309 e. The van der Waals surface area contributed by atoms with Gasteiger partial charge in [-0.05, 0) is 153 Å². The normalized spacial score (nSPS) is 11.6. The van der Waals surface area contributed by atoms with Crippen molar-refractivity contribution in [3.63, 3.8) is 0 Å². The van der Waals surface area contributed by atoms with E-state index in [2.05, 4.69) is 364 Å². The topological polar surface area (TPSA) is 6.48 Å². The van der Waals surface area contributed by atoms with E-state index >= 15 is 0 Å². The summed E-state index contributed by atoms with van der Waals surface area (Å²) < 4.78 is 0. The van der Waals surface area contributed by atoms with Crippen molar-refractivity contribution >= 4 is 77.2 Å². The second-order valence-electron chi connectivity index (χ2n) is 24.1. The van der Waals surface area contributed by atoms with Gasteiger partial charge in [-0.1, -0.05) is 300 Å². The first-order valence-corrected chi connectivity index (χ1v) is 30.5. The van der Waals surface area contributed by atoms with Crippen molar-refractivity contribution in [2.24, 2.45) is 0 Å². The Morgan fingerprint density at radius 2 is 0.511 bits per heavy atom. The zero-order chi connectivity index (χ0) is 59.1. The van der Waals surface area contributed by atoms with Crippen LogP contribution in [-0.4, -0.2) is 0 Å². The Bertz CT molecular complexity index is 4830. The predicted octanol–water partition coefficient (Wildman–Crippen LogP) is 24.5. The summed E-state index contributed by atoms with van der Waals surface area (Å²) in [6, 6.07) is 123. The molecule has 2 heteroatoms. The standard InChI is InChI=1S/C86H64N2/c1-86(2,3)71-56-74(87(72-48-42-61(43-49-72)59-22-8-4-9-23-59)84-80(63-26-12-6-13-27-63)34-20-35-81(84)64-28-14-7-15-29-64)58-75(57-71)88(73-50-44-62(45-51-73)60-24-10-5-11-25-60)85-82(69-46-52-78-67(54-69)40-38-65-30-16-18-32-76(65)78)36-21-37-83(85)70-47-53-79-68(55-70)41-39-66-31-17-19-33-77(66)79/h4-58H,1-3H3. The fourth-order valence-corrected chi connectivity index (χ4v) is 13.1. The molecule has 0 N–H and O–H groups in total. The summed E-state index contributed by atoms with van der Waals surface area (Å²) in [5.41, 5.74) is 20.9. The fraction of sp³-hybridized carbons (Fsp3) is 0.0465. The molecule has 88 heavy (non-hydrogen) atoms. The molecule has 0 heterocycles. The highest BCUT2D eigenvalue weighted by Crippen LogP contribution is 2.53. The van der Waals surface area contributed by atoms with Crippen molar-refractivity contribution < 1.29 is 0 Å². The number of benzene rings is 15. The van der Waals surface area contributed by atoms with Crippen molar-refractivity contribution in [2.75, 3.05) is 9.80 Å². The number of hydrogen-bond acceptors (Lipinski definition) is 2. The molecule has 0 saturated heterocycles. The van der Waals surface area contributed by atoms with Gasteiger partial charge in [0.25, 0.3) is 0 Å². The van der Waals surface area contributed by atoms with E-state index in [1.807, 2.05) is 0 Å². The van der Waals surface area contributed by atoms with Gasteiger partial charge in [0.1, 0.15) is 0 Å². The van der Waals surface area contributed by atoms with Crippen molar-refractivity contribution in [3.05, 3.63) is 339 Å². The largest absolute Gasteiger partial charge is 0.309 e. The molecule has 0 aliphatic heterocycles. The Balaban J connectivity index is 1.04. The second-order valence-corrected chi connectivity index (χ2v) is 24.1. The van der Waals surface area contributed by atoms with E-state index in [-0.39, 0.29) is 5.41 Å². The van der Waals surface area contributed by atoms with Gasteiger partial charge >= 0.3 is 0 Å². The number of para-hydroxylation sites is 2. The van der Waals surface area contributed by atoms with E-state index in [9.17, 15) is 0 Å². The minimum absolute atomic E-state index is 0.289. The molecule has 0 aromatic heterocycles. The van der Waals surface area contributed by atoms with E-state index in [1.165, 1.54) is 59.8 Å². The predicted molar refractivity (Wildman–Crippen MR) is 377 cm³/mol. The van der Waals surface area contributed by atoms with Crippen molar-refractivity contribution in [1.29, 1.82) is 0 Å². The zero-order valence-electron chi connectivity index (χ0n) is 49.6. The van der Waals surface area contributed by atoms with E-state index in [1.54, 1.807) is 0 Å². The molecule has 0 unspecified atom stereocenters. The summed E-state index contributed by atoms with van der Waals surface area (Å²) in [4.78, 5) is 5.09. The van der Waals surface area contributed by atoms with Gasteiger partial charge in [0.2, 0.25) is 0 Å². The van der Waals surface area contributed by atoms with E-state index < -0.39 is 0 Å². The first-order valence-electron chi connectivity index (χ1n) is 30.5. The summed E-state index contributed by atoms with van der Waals surface area (Å²) in [6.45, 7) is 7.04. The van der Waals surface area contributed by atoms with Crippen LogP contribution in [0.4, 0.5) is 34.1 Å². The minimum atomic E-state index is -0.289. The number of fused-ring (bicyclic) bond motifs is 6. The van der Waals surface area contributed by atoms with Gasteiger partial charge in [-0.2, -0.15) is 0 Å². The Labute approximate surface area is 516 Å². The van der Waals surface area contributed by atoms with Crippen molar-refractivity contribution in [3.8, 4) is 66.8 Å². The Morgan fingerprint density at radius 1 is 0.205 bits per heavy atom. The molecule has 0 spiro atoms.